The molecule has 148 valence electrons. The van der Waals surface area contributed by atoms with Gasteiger partial charge >= 0.3 is 0 Å². The van der Waals surface area contributed by atoms with Crippen molar-refractivity contribution < 1.29 is 9.59 Å². The van der Waals surface area contributed by atoms with Crippen molar-refractivity contribution in [3.63, 3.8) is 0 Å². The number of hydrogen-bond acceptors (Lipinski definition) is 2. The van der Waals surface area contributed by atoms with Crippen LogP contribution >= 0.6 is 0 Å². The van der Waals surface area contributed by atoms with E-state index >= 15 is 0 Å². The number of benzene rings is 2. The molecule has 0 radical (unpaired) electrons. The number of carbonyl (C=O) groups is 2. The third kappa shape index (κ3) is 5.22. The Hall–Kier alpha value is -2.62. The van der Waals surface area contributed by atoms with Gasteiger partial charge in [-0.1, -0.05) is 60.7 Å². The number of amides is 2. The largest absolute Gasteiger partial charge is 0.349 e. The molecule has 1 fully saturated rings. The highest BCUT2D eigenvalue weighted by Gasteiger charge is 2.31. The van der Waals surface area contributed by atoms with E-state index in [1.54, 1.807) is 0 Å². The van der Waals surface area contributed by atoms with Gasteiger partial charge in [-0.25, -0.2) is 0 Å². The maximum absolute atomic E-state index is 12.6. The second kappa shape index (κ2) is 9.54. The van der Waals surface area contributed by atoms with Crippen molar-refractivity contribution in [2.45, 2.75) is 51.6 Å². The number of carbonyl (C=O) groups excluding carboxylic acids is 2. The Morgan fingerprint density at radius 1 is 0.679 bits per heavy atom. The molecule has 4 nitrogen and oxygen atoms in total. The standard InChI is InChI=1S/C24H30N2O2/c1-17(19-9-5-3-6-10-19)25-23(27)21-13-15-22(16-14-21)24(28)26-18(2)20-11-7-4-8-12-20/h3-12,17-18,21-22H,13-16H2,1-2H3,(H,25,27)(H,26,28)/t17-,18-,21?,22?/m1/s1. The monoisotopic (exact) mass is 378 g/mol. The molecule has 2 aromatic carbocycles. The molecule has 0 spiro atoms. The maximum atomic E-state index is 12.6. The van der Waals surface area contributed by atoms with E-state index in [1.165, 1.54) is 0 Å². The van der Waals surface area contributed by atoms with Crippen molar-refractivity contribution in [1.82, 2.24) is 10.6 Å². The first kappa shape index (κ1) is 20.1. The molecule has 2 amide bonds. The first-order chi connectivity index (χ1) is 13.5. The lowest BCUT2D eigenvalue weighted by Gasteiger charge is -2.29. The second-order valence-corrected chi connectivity index (χ2v) is 7.83. The van der Waals surface area contributed by atoms with Crippen LogP contribution in [0.1, 0.15) is 62.7 Å². The van der Waals surface area contributed by atoms with Crippen LogP contribution in [0.15, 0.2) is 60.7 Å². The topological polar surface area (TPSA) is 58.2 Å². The minimum Gasteiger partial charge on any atom is -0.349 e. The summed E-state index contributed by atoms with van der Waals surface area (Å²) in [5, 5.41) is 6.25. The predicted octanol–water partition coefficient (Wildman–Crippen LogP) is 4.55. The lowest BCUT2D eigenvalue weighted by atomic mass is 9.81. The van der Waals surface area contributed by atoms with E-state index in [2.05, 4.69) is 10.6 Å². The Morgan fingerprint density at radius 3 is 1.32 bits per heavy atom. The van der Waals surface area contributed by atoms with Gasteiger partial charge < -0.3 is 10.6 Å². The maximum Gasteiger partial charge on any atom is 0.223 e. The summed E-state index contributed by atoms with van der Waals surface area (Å²) < 4.78 is 0. The number of hydrogen-bond donors (Lipinski definition) is 2. The van der Waals surface area contributed by atoms with Gasteiger partial charge in [0.1, 0.15) is 0 Å². The van der Waals surface area contributed by atoms with Crippen molar-refractivity contribution in [3.8, 4) is 0 Å². The number of rotatable bonds is 6. The van der Waals surface area contributed by atoms with E-state index in [4.69, 9.17) is 0 Å². The minimum atomic E-state index is 0.00134. The molecule has 3 rings (SSSR count). The molecule has 0 aromatic heterocycles. The minimum absolute atomic E-state index is 0.00134. The molecule has 2 atom stereocenters. The molecule has 0 aliphatic heterocycles. The van der Waals surface area contributed by atoms with Crippen LogP contribution in [-0.4, -0.2) is 11.8 Å². The van der Waals surface area contributed by atoms with Crippen LogP contribution < -0.4 is 10.6 Å². The summed E-state index contributed by atoms with van der Waals surface area (Å²) in [4.78, 5) is 25.2. The van der Waals surface area contributed by atoms with Gasteiger partial charge in [0.2, 0.25) is 11.8 Å². The Balaban J connectivity index is 1.46. The molecule has 1 aliphatic carbocycles. The molecular weight excluding hydrogens is 348 g/mol. The van der Waals surface area contributed by atoms with Crippen LogP contribution in [0.5, 0.6) is 0 Å². The number of nitrogens with one attached hydrogen (secondary N) is 2. The van der Waals surface area contributed by atoms with E-state index in [0.29, 0.717) is 0 Å². The van der Waals surface area contributed by atoms with Gasteiger partial charge in [0.25, 0.3) is 0 Å². The summed E-state index contributed by atoms with van der Waals surface area (Å²) in [7, 11) is 0. The van der Waals surface area contributed by atoms with Crippen molar-refractivity contribution in [2.24, 2.45) is 11.8 Å². The summed E-state index contributed by atoms with van der Waals surface area (Å²) in [5.74, 6) is 0.212. The third-order valence-corrected chi connectivity index (χ3v) is 5.79. The summed E-state index contributed by atoms with van der Waals surface area (Å²) in [6.07, 6.45) is 3.08. The molecule has 0 saturated heterocycles. The van der Waals surface area contributed by atoms with Gasteiger partial charge in [0, 0.05) is 11.8 Å². The van der Waals surface area contributed by atoms with Crippen molar-refractivity contribution in [1.29, 1.82) is 0 Å². The van der Waals surface area contributed by atoms with Crippen LogP contribution in [0.4, 0.5) is 0 Å². The highest BCUT2D eigenvalue weighted by atomic mass is 16.2. The Labute approximate surface area is 167 Å². The van der Waals surface area contributed by atoms with Crippen LogP contribution in [0.3, 0.4) is 0 Å². The van der Waals surface area contributed by atoms with E-state index in [-0.39, 0.29) is 35.7 Å². The van der Waals surface area contributed by atoms with E-state index in [0.717, 1.165) is 36.8 Å². The molecule has 0 bridgehead atoms. The zero-order chi connectivity index (χ0) is 19.9. The lowest BCUT2D eigenvalue weighted by Crippen LogP contribution is -2.38. The molecular formula is C24H30N2O2. The Morgan fingerprint density at radius 2 is 1.00 bits per heavy atom. The lowest BCUT2D eigenvalue weighted by molar-refractivity contribution is -0.131. The first-order valence-corrected chi connectivity index (χ1v) is 10.2. The van der Waals surface area contributed by atoms with Gasteiger partial charge in [0.15, 0.2) is 0 Å². The average Bonchev–Trinajstić information content (AvgIpc) is 2.75. The molecule has 28 heavy (non-hydrogen) atoms. The van der Waals surface area contributed by atoms with Crippen LogP contribution in [0.2, 0.25) is 0 Å². The summed E-state index contributed by atoms with van der Waals surface area (Å²) >= 11 is 0. The van der Waals surface area contributed by atoms with Crippen LogP contribution in [0.25, 0.3) is 0 Å². The van der Waals surface area contributed by atoms with E-state index in [1.807, 2.05) is 74.5 Å². The molecule has 4 heteroatoms. The zero-order valence-electron chi connectivity index (χ0n) is 16.7. The fourth-order valence-electron chi connectivity index (χ4n) is 3.93. The first-order valence-electron chi connectivity index (χ1n) is 10.2. The molecule has 2 aromatic rings. The van der Waals surface area contributed by atoms with Crippen molar-refractivity contribution in [2.75, 3.05) is 0 Å². The van der Waals surface area contributed by atoms with Gasteiger partial charge in [0.05, 0.1) is 12.1 Å². The normalized spacial score (nSPS) is 21.4. The van der Waals surface area contributed by atoms with Gasteiger partial charge in [-0.3, -0.25) is 9.59 Å². The molecule has 0 heterocycles. The highest BCUT2D eigenvalue weighted by molar-refractivity contribution is 5.81. The average molecular weight is 379 g/mol. The van der Waals surface area contributed by atoms with E-state index < -0.39 is 0 Å². The predicted molar refractivity (Wildman–Crippen MR) is 111 cm³/mol. The fraction of sp³-hybridized carbons (Fsp3) is 0.417. The Kier molecular flexibility index (Phi) is 6.85. The van der Waals surface area contributed by atoms with Crippen LogP contribution in [-0.2, 0) is 9.59 Å². The highest BCUT2D eigenvalue weighted by Crippen LogP contribution is 2.30. The quantitative estimate of drug-likeness (QED) is 0.775. The summed E-state index contributed by atoms with van der Waals surface area (Å²) in [6, 6.07) is 20.0. The van der Waals surface area contributed by atoms with Crippen LogP contribution in [0, 0.1) is 11.8 Å². The van der Waals surface area contributed by atoms with Crippen molar-refractivity contribution >= 4 is 11.8 Å². The smallest absolute Gasteiger partial charge is 0.223 e. The molecule has 1 saturated carbocycles. The second-order valence-electron chi connectivity index (χ2n) is 7.83. The molecule has 2 N–H and O–H groups in total. The molecule has 0 unspecified atom stereocenters. The van der Waals surface area contributed by atoms with Crippen molar-refractivity contribution in [3.05, 3.63) is 71.8 Å². The fourth-order valence-corrected chi connectivity index (χ4v) is 3.93. The summed E-state index contributed by atoms with van der Waals surface area (Å²) in [6.45, 7) is 4.02. The summed E-state index contributed by atoms with van der Waals surface area (Å²) in [5.41, 5.74) is 2.22. The van der Waals surface area contributed by atoms with Gasteiger partial charge in [-0.15, -0.1) is 0 Å². The molecule has 1 aliphatic rings. The SMILES string of the molecule is C[C@@H](NC(=O)C1CCC(C(=O)N[C@H](C)c2ccccc2)CC1)c1ccccc1. The third-order valence-electron chi connectivity index (χ3n) is 5.79. The zero-order valence-corrected chi connectivity index (χ0v) is 16.7. The van der Waals surface area contributed by atoms with E-state index in [9.17, 15) is 9.59 Å². The van der Waals surface area contributed by atoms with Gasteiger partial charge in [-0.2, -0.15) is 0 Å². The Bertz CT molecular complexity index is 700. The van der Waals surface area contributed by atoms with Gasteiger partial charge in [-0.05, 0) is 50.7 Å².